The van der Waals surface area contributed by atoms with E-state index in [0.717, 1.165) is 6.42 Å². The van der Waals surface area contributed by atoms with Gasteiger partial charge < -0.3 is 5.11 Å². The minimum absolute atomic E-state index is 0.0363. The van der Waals surface area contributed by atoms with Gasteiger partial charge in [0.25, 0.3) is 0 Å². The summed E-state index contributed by atoms with van der Waals surface area (Å²) in [7, 11) is 0. The second-order valence-corrected chi connectivity index (χ2v) is 3.55. The summed E-state index contributed by atoms with van der Waals surface area (Å²) in [5.74, 6) is 0. The van der Waals surface area contributed by atoms with Crippen molar-refractivity contribution in [1.82, 2.24) is 0 Å². The van der Waals surface area contributed by atoms with Gasteiger partial charge in [-0.25, -0.2) is 0 Å². The Kier molecular flexibility index (Phi) is 3.24. The van der Waals surface area contributed by atoms with Gasteiger partial charge in [-0.15, -0.1) is 12.6 Å². The highest BCUT2D eigenvalue weighted by molar-refractivity contribution is 7.85. The van der Waals surface area contributed by atoms with E-state index in [2.05, 4.69) is 25.3 Å². The van der Waals surface area contributed by atoms with Crippen LogP contribution in [0.15, 0.2) is 0 Å². The molecule has 1 nitrogen and oxygen atoms in total. The zero-order chi connectivity index (χ0) is 6.78. The molecule has 0 aromatic heterocycles. The summed E-state index contributed by atoms with van der Waals surface area (Å²) in [5.41, 5.74) is 0. The van der Waals surface area contributed by atoms with Crippen molar-refractivity contribution in [2.45, 2.75) is 30.5 Å². The van der Waals surface area contributed by atoms with Crippen molar-refractivity contribution in [2.75, 3.05) is 0 Å². The van der Waals surface area contributed by atoms with E-state index in [1.165, 1.54) is 0 Å². The van der Waals surface area contributed by atoms with Crippen LogP contribution in [0.3, 0.4) is 0 Å². The average Bonchev–Trinajstić information content (AvgIpc) is 1.62. The largest absolute Gasteiger partial charge is 0.379 e. The highest BCUT2D eigenvalue weighted by Crippen LogP contribution is 2.21. The highest BCUT2D eigenvalue weighted by Gasteiger charge is 2.21. The summed E-state index contributed by atoms with van der Waals surface area (Å²) in [5, 5.41) is 9.04. The third kappa shape index (κ3) is 2.84. The standard InChI is InChI=1S/C5H12OS2/c1-3-4(7)5(2,6)8/h4,6-8H,3H2,1-2H3. The Hall–Kier alpha value is 0.660. The Bertz CT molecular complexity index is 67.3. The first kappa shape index (κ1) is 8.66. The molecule has 1 N–H and O–H groups in total. The summed E-state index contributed by atoms with van der Waals surface area (Å²) < 4.78 is 0. The molecular formula is C5H12OS2. The maximum absolute atomic E-state index is 9.07. The lowest BCUT2D eigenvalue weighted by Crippen LogP contribution is -2.27. The zero-order valence-electron chi connectivity index (χ0n) is 5.13. The zero-order valence-corrected chi connectivity index (χ0v) is 6.91. The van der Waals surface area contributed by atoms with Crippen molar-refractivity contribution in [3.8, 4) is 0 Å². The second kappa shape index (κ2) is 2.99. The molecule has 0 aliphatic carbocycles. The van der Waals surface area contributed by atoms with Gasteiger partial charge in [0, 0.05) is 5.25 Å². The first-order valence-electron chi connectivity index (χ1n) is 2.61. The fourth-order valence-corrected chi connectivity index (χ4v) is 0.569. The SMILES string of the molecule is CCC(S)C(C)(O)S. The Balaban J connectivity index is 3.62. The van der Waals surface area contributed by atoms with E-state index >= 15 is 0 Å². The van der Waals surface area contributed by atoms with Gasteiger partial charge in [-0.2, -0.15) is 12.6 Å². The molecule has 0 heterocycles. The Morgan fingerprint density at radius 1 is 1.75 bits per heavy atom. The molecule has 0 radical (unpaired) electrons. The van der Waals surface area contributed by atoms with Crippen LogP contribution in [0, 0.1) is 0 Å². The Morgan fingerprint density at radius 3 is 2.12 bits per heavy atom. The van der Waals surface area contributed by atoms with Crippen LogP contribution in [0.4, 0.5) is 0 Å². The summed E-state index contributed by atoms with van der Waals surface area (Å²) in [6, 6.07) is 0. The van der Waals surface area contributed by atoms with Gasteiger partial charge >= 0.3 is 0 Å². The summed E-state index contributed by atoms with van der Waals surface area (Å²) in [4.78, 5) is -0.933. The predicted molar refractivity (Wildman–Crippen MR) is 42.7 cm³/mol. The van der Waals surface area contributed by atoms with Crippen LogP contribution < -0.4 is 0 Å². The first-order chi connectivity index (χ1) is 3.48. The van der Waals surface area contributed by atoms with Crippen molar-refractivity contribution in [3.63, 3.8) is 0 Å². The van der Waals surface area contributed by atoms with Crippen LogP contribution in [-0.2, 0) is 0 Å². The molecule has 8 heavy (non-hydrogen) atoms. The van der Waals surface area contributed by atoms with Crippen LogP contribution >= 0.6 is 25.3 Å². The normalized spacial score (nSPS) is 22.1. The lowest BCUT2D eigenvalue weighted by atomic mass is 10.2. The van der Waals surface area contributed by atoms with Crippen LogP contribution in [0.5, 0.6) is 0 Å². The topological polar surface area (TPSA) is 20.2 Å². The molecule has 50 valence electrons. The molecule has 0 spiro atoms. The second-order valence-electron chi connectivity index (χ2n) is 2.02. The van der Waals surface area contributed by atoms with Crippen LogP contribution in [0.2, 0.25) is 0 Å². The summed E-state index contributed by atoms with van der Waals surface area (Å²) >= 11 is 7.99. The maximum atomic E-state index is 9.07. The average molecular weight is 152 g/mol. The lowest BCUT2D eigenvalue weighted by Gasteiger charge is -2.21. The van der Waals surface area contributed by atoms with Crippen molar-refractivity contribution in [3.05, 3.63) is 0 Å². The van der Waals surface area contributed by atoms with E-state index in [9.17, 15) is 0 Å². The Labute approximate surface area is 61.3 Å². The van der Waals surface area contributed by atoms with Crippen LogP contribution in [-0.4, -0.2) is 15.3 Å². The van der Waals surface area contributed by atoms with E-state index in [-0.39, 0.29) is 5.25 Å². The fourth-order valence-electron chi connectivity index (χ4n) is 0.387. The maximum Gasteiger partial charge on any atom is 0.116 e. The van der Waals surface area contributed by atoms with E-state index < -0.39 is 4.93 Å². The minimum atomic E-state index is -0.933. The van der Waals surface area contributed by atoms with Crippen molar-refractivity contribution < 1.29 is 5.11 Å². The van der Waals surface area contributed by atoms with E-state index in [1.807, 2.05) is 6.92 Å². The van der Waals surface area contributed by atoms with E-state index in [0.29, 0.717) is 0 Å². The van der Waals surface area contributed by atoms with E-state index in [4.69, 9.17) is 5.11 Å². The number of aliphatic hydroxyl groups is 1. The molecule has 0 aromatic carbocycles. The Morgan fingerprint density at radius 2 is 2.12 bits per heavy atom. The number of thiol groups is 2. The molecule has 0 aromatic rings. The quantitative estimate of drug-likeness (QED) is 0.403. The highest BCUT2D eigenvalue weighted by atomic mass is 32.1. The molecule has 0 rings (SSSR count). The summed E-state index contributed by atoms with van der Waals surface area (Å²) in [6.07, 6.45) is 0.833. The van der Waals surface area contributed by atoms with Gasteiger partial charge in [0.05, 0.1) is 0 Å². The molecule has 0 saturated heterocycles. The number of rotatable bonds is 2. The van der Waals surface area contributed by atoms with Gasteiger partial charge in [-0.1, -0.05) is 6.92 Å². The third-order valence-corrected chi connectivity index (χ3v) is 2.40. The van der Waals surface area contributed by atoms with Crippen molar-refractivity contribution >= 4 is 25.3 Å². The van der Waals surface area contributed by atoms with Gasteiger partial charge in [-0.05, 0) is 13.3 Å². The molecule has 0 saturated carbocycles. The fraction of sp³-hybridized carbons (Fsp3) is 1.00. The van der Waals surface area contributed by atoms with Gasteiger partial charge in [0.1, 0.15) is 4.93 Å². The minimum Gasteiger partial charge on any atom is -0.379 e. The molecule has 0 fully saturated rings. The lowest BCUT2D eigenvalue weighted by molar-refractivity contribution is 0.156. The van der Waals surface area contributed by atoms with E-state index in [1.54, 1.807) is 6.92 Å². The predicted octanol–water partition coefficient (Wildman–Crippen LogP) is 1.33. The van der Waals surface area contributed by atoms with Crippen LogP contribution in [0.25, 0.3) is 0 Å². The molecule has 0 aliphatic heterocycles. The molecular weight excluding hydrogens is 140 g/mol. The number of hydrogen-bond donors (Lipinski definition) is 3. The molecule has 0 bridgehead atoms. The molecule has 0 aliphatic rings. The third-order valence-electron chi connectivity index (χ3n) is 1.02. The monoisotopic (exact) mass is 152 g/mol. The van der Waals surface area contributed by atoms with Crippen LogP contribution in [0.1, 0.15) is 20.3 Å². The molecule has 2 unspecified atom stereocenters. The molecule has 2 atom stereocenters. The molecule has 0 amide bonds. The van der Waals surface area contributed by atoms with Gasteiger partial charge in [0.2, 0.25) is 0 Å². The van der Waals surface area contributed by atoms with Gasteiger partial charge in [0.15, 0.2) is 0 Å². The molecule has 3 heteroatoms. The summed E-state index contributed by atoms with van der Waals surface area (Å²) in [6.45, 7) is 3.60. The first-order valence-corrected chi connectivity index (χ1v) is 3.57. The number of hydrogen-bond acceptors (Lipinski definition) is 3. The van der Waals surface area contributed by atoms with Gasteiger partial charge in [-0.3, -0.25) is 0 Å². The smallest absolute Gasteiger partial charge is 0.116 e. The van der Waals surface area contributed by atoms with Crippen molar-refractivity contribution in [2.24, 2.45) is 0 Å². The van der Waals surface area contributed by atoms with Crippen molar-refractivity contribution in [1.29, 1.82) is 0 Å².